The Bertz CT molecular complexity index is 139. The van der Waals surface area contributed by atoms with Crippen LogP contribution in [-0.4, -0.2) is 6.43 Å². The molecule has 0 heterocycles. The summed E-state index contributed by atoms with van der Waals surface area (Å²) in [5, 5.41) is 0. The zero-order chi connectivity index (χ0) is 9.40. The van der Waals surface area contributed by atoms with Crippen molar-refractivity contribution in [3.8, 4) is 0 Å². The van der Waals surface area contributed by atoms with Crippen LogP contribution in [0, 0.1) is 5.92 Å². The molecule has 0 amide bonds. The monoisotopic (exact) mass is 174 g/mol. The summed E-state index contributed by atoms with van der Waals surface area (Å²) >= 11 is 0. The second-order valence-corrected chi connectivity index (χ2v) is 2.74. The number of unbranched alkanes of at least 4 members (excludes halogenated alkanes) is 1. The van der Waals surface area contributed by atoms with E-state index in [0.29, 0.717) is 6.42 Å². The summed E-state index contributed by atoms with van der Waals surface area (Å²) < 4.78 is 24.5. The van der Waals surface area contributed by atoms with E-state index in [2.05, 4.69) is 6.58 Å². The number of hydrogen-bond donors (Lipinski definition) is 0. The van der Waals surface area contributed by atoms with Gasteiger partial charge in [0.2, 0.25) is 6.43 Å². The van der Waals surface area contributed by atoms with Crippen LogP contribution in [0.1, 0.15) is 26.2 Å². The minimum Gasteiger partial charge on any atom is -0.210 e. The van der Waals surface area contributed by atoms with E-state index in [9.17, 15) is 8.78 Å². The minimum absolute atomic E-state index is 0.550. The van der Waals surface area contributed by atoms with Gasteiger partial charge in [0.25, 0.3) is 0 Å². The van der Waals surface area contributed by atoms with Crippen molar-refractivity contribution in [3.05, 3.63) is 24.8 Å². The molecule has 70 valence electrons. The normalized spacial score (nSPS) is 14.0. The molecule has 0 aromatic heterocycles. The standard InChI is InChI=1S/C10H16F2/c1-3-5-6-8-9(7-4-2)10(11)12/h3-4,7,9-10H,1,5-6,8H2,2H3. The molecule has 0 fully saturated rings. The van der Waals surface area contributed by atoms with Crippen LogP contribution < -0.4 is 0 Å². The fourth-order valence-corrected chi connectivity index (χ4v) is 1.05. The zero-order valence-corrected chi connectivity index (χ0v) is 7.47. The van der Waals surface area contributed by atoms with Crippen molar-refractivity contribution in [2.24, 2.45) is 5.92 Å². The first kappa shape index (κ1) is 11.3. The van der Waals surface area contributed by atoms with Gasteiger partial charge in [0.1, 0.15) is 0 Å². The molecule has 0 aliphatic carbocycles. The van der Waals surface area contributed by atoms with Gasteiger partial charge in [0, 0.05) is 5.92 Å². The van der Waals surface area contributed by atoms with Crippen molar-refractivity contribution in [2.45, 2.75) is 32.6 Å². The summed E-state index contributed by atoms with van der Waals surface area (Å²) in [6.45, 7) is 5.31. The molecule has 2 heteroatoms. The molecule has 1 unspecified atom stereocenters. The van der Waals surface area contributed by atoms with Crippen molar-refractivity contribution in [2.75, 3.05) is 0 Å². The van der Waals surface area contributed by atoms with Crippen LogP contribution in [0.25, 0.3) is 0 Å². The molecule has 0 aliphatic heterocycles. The maximum Gasteiger partial charge on any atom is 0.244 e. The Morgan fingerprint density at radius 3 is 2.50 bits per heavy atom. The van der Waals surface area contributed by atoms with E-state index in [1.54, 1.807) is 25.2 Å². The molecule has 0 rings (SSSR count). The lowest BCUT2D eigenvalue weighted by Crippen LogP contribution is -2.07. The van der Waals surface area contributed by atoms with Gasteiger partial charge in [-0.2, -0.15) is 0 Å². The largest absolute Gasteiger partial charge is 0.244 e. The highest BCUT2D eigenvalue weighted by atomic mass is 19.3. The van der Waals surface area contributed by atoms with Gasteiger partial charge in [-0.05, 0) is 26.2 Å². The third kappa shape index (κ3) is 5.05. The molecule has 0 spiro atoms. The molecule has 0 aromatic carbocycles. The van der Waals surface area contributed by atoms with Crippen LogP contribution >= 0.6 is 0 Å². The predicted molar refractivity (Wildman–Crippen MR) is 48.4 cm³/mol. The molecule has 0 saturated heterocycles. The smallest absolute Gasteiger partial charge is 0.210 e. The van der Waals surface area contributed by atoms with Gasteiger partial charge >= 0.3 is 0 Å². The van der Waals surface area contributed by atoms with Gasteiger partial charge in [-0.15, -0.1) is 6.58 Å². The van der Waals surface area contributed by atoms with Crippen LogP contribution in [-0.2, 0) is 0 Å². The van der Waals surface area contributed by atoms with Crippen LogP contribution in [0.15, 0.2) is 24.8 Å². The maximum absolute atomic E-state index is 12.2. The second-order valence-electron chi connectivity index (χ2n) is 2.74. The highest BCUT2D eigenvalue weighted by Gasteiger charge is 2.15. The minimum atomic E-state index is -2.23. The van der Waals surface area contributed by atoms with Gasteiger partial charge in [-0.25, -0.2) is 8.78 Å². The molecule has 0 saturated carbocycles. The molecule has 0 aromatic rings. The van der Waals surface area contributed by atoms with Gasteiger partial charge in [-0.3, -0.25) is 0 Å². The molecule has 0 radical (unpaired) electrons. The number of alkyl halides is 2. The molecular weight excluding hydrogens is 158 g/mol. The number of hydrogen-bond acceptors (Lipinski definition) is 0. The van der Waals surface area contributed by atoms with E-state index in [0.717, 1.165) is 12.8 Å². The average Bonchev–Trinajstić information content (AvgIpc) is 2.03. The zero-order valence-electron chi connectivity index (χ0n) is 7.47. The van der Waals surface area contributed by atoms with E-state index in [1.807, 2.05) is 0 Å². The van der Waals surface area contributed by atoms with E-state index in [4.69, 9.17) is 0 Å². The van der Waals surface area contributed by atoms with E-state index >= 15 is 0 Å². The Hall–Kier alpha value is -0.660. The molecule has 0 bridgehead atoms. The summed E-state index contributed by atoms with van der Waals surface area (Å²) in [5.41, 5.74) is 0. The highest BCUT2D eigenvalue weighted by molar-refractivity contribution is 4.87. The summed E-state index contributed by atoms with van der Waals surface area (Å²) in [7, 11) is 0. The fourth-order valence-electron chi connectivity index (χ4n) is 1.05. The molecular formula is C10H16F2. The quantitative estimate of drug-likeness (QED) is 0.424. The van der Waals surface area contributed by atoms with Gasteiger partial charge in [0.05, 0.1) is 0 Å². The van der Waals surface area contributed by atoms with Crippen LogP contribution in [0.5, 0.6) is 0 Å². The lowest BCUT2D eigenvalue weighted by molar-refractivity contribution is 0.0949. The predicted octanol–water partition coefficient (Wildman–Crippen LogP) is 3.80. The molecule has 1 atom stereocenters. The molecule has 0 N–H and O–H groups in total. The van der Waals surface area contributed by atoms with E-state index in [1.165, 1.54) is 0 Å². The Kier molecular flexibility index (Phi) is 6.63. The summed E-state index contributed by atoms with van der Waals surface area (Å²) in [4.78, 5) is 0. The van der Waals surface area contributed by atoms with Crippen molar-refractivity contribution in [1.82, 2.24) is 0 Å². The van der Waals surface area contributed by atoms with Crippen LogP contribution in [0.2, 0.25) is 0 Å². The van der Waals surface area contributed by atoms with E-state index in [-0.39, 0.29) is 0 Å². The van der Waals surface area contributed by atoms with Crippen LogP contribution in [0.3, 0.4) is 0 Å². The summed E-state index contributed by atoms with van der Waals surface area (Å²) in [5.74, 6) is -0.574. The summed E-state index contributed by atoms with van der Waals surface area (Å²) in [6.07, 6.45) is 4.96. The van der Waals surface area contributed by atoms with Crippen molar-refractivity contribution >= 4 is 0 Å². The van der Waals surface area contributed by atoms with Crippen LogP contribution in [0.4, 0.5) is 8.78 Å². The van der Waals surface area contributed by atoms with Crippen molar-refractivity contribution in [1.29, 1.82) is 0 Å². The first-order chi connectivity index (χ1) is 5.72. The SMILES string of the molecule is C=CCCCC(C=CC)C(F)F. The first-order valence-electron chi connectivity index (χ1n) is 4.24. The number of halogens is 2. The average molecular weight is 174 g/mol. The van der Waals surface area contributed by atoms with Gasteiger partial charge in [0.15, 0.2) is 0 Å². The molecule has 12 heavy (non-hydrogen) atoms. The first-order valence-corrected chi connectivity index (χ1v) is 4.24. The number of rotatable bonds is 6. The highest BCUT2D eigenvalue weighted by Crippen LogP contribution is 2.18. The van der Waals surface area contributed by atoms with Crippen molar-refractivity contribution < 1.29 is 8.78 Å². The Labute approximate surface area is 73.0 Å². The lowest BCUT2D eigenvalue weighted by atomic mass is 10.0. The third-order valence-corrected chi connectivity index (χ3v) is 1.71. The number of allylic oxidation sites excluding steroid dienone is 3. The topological polar surface area (TPSA) is 0 Å². The Balaban J connectivity index is 3.71. The van der Waals surface area contributed by atoms with Crippen molar-refractivity contribution in [3.63, 3.8) is 0 Å². The third-order valence-electron chi connectivity index (χ3n) is 1.71. The lowest BCUT2D eigenvalue weighted by Gasteiger charge is -2.09. The van der Waals surface area contributed by atoms with Gasteiger partial charge in [-0.1, -0.05) is 18.2 Å². The molecule has 0 aliphatic rings. The Morgan fingerprint density at radius 2 is 2.08 bits per heavy atom. The van der Waals surface area contributed by atoms with Gasteiger partial charge < -0.3 is 0 Å². The fraction of sp³-hybridized carbons (Fsp3) is 0.600. The second kappa shape index (κ2) is 7.01. The molecule has 0 nitrogen and oxygen atoms in total. The maximum atomic E-state index is 12.2. The van der Waals surface area contributed by atoms with E-state index < -0.39 is 12.3 Å². The summed E-state index contributed by atoms with van der Waals surface area (Å²) in [6, 6.07) is 0. The Morgan fingerprint density at radius 1 is 1.42 bits per heavy atom.